The van der Waals surface area contributed by atoms with Crippen molar-refractivity contribution in [1.29, 1.82) is 0 Å². The lowest BCUT2D eigenvalue weighted by Gasteiger charge is -2.06. The molecule has 4 nitrogen and oxygen atoms in total. The second-order valence-electron chi connectivity index (χ2n) is 2.89. The zero-order valence-electron chi connectivity index (χ0n) is 8.28. The second-order valence-corrected chi connectivity index (χ2v) is 4.97. The van der Waals surface area contributed by atoms with E-state index in [0.717, 1.165) is 5.69 Å². The Morgan fingerprint density at radius 2 is 2.38 bits per heavy atom. The van der Waals surface area contributed by atoms with E-state index in [9.17, 15) is 0 Å². The summed E-state index contributed by atoms with van der Waals surface area (Å²) in [6.07, 6.45) is 0. The smallest absolute Gasteiger partial charge is 0.208 e. The Labute approximate surface area is 106 Å². The summed E-state index contributed by atoms with van der Waals surface area (Å²) in [5.41, 5.74) is 0.846. The third-order valence-electron chi connectivity index (χ3n) is 1.84. The second kappa shape index (κ2) is 4.82. The molecule has 0 aliphatic carbocycles. The third-order valence-corrected chi connectivity index (χ3v) is 3.16. The lowest BCUT2D eigenvalue weighted by atomic mass is 10.3. The molecule has 84 valence electrons. The van der Waals surface area contributed by atoms with Gasteiger partial charge in [-0.3, -0.25) is 5.10 Å². The molecule has 0 radical (unpaired) electrons. The van der Waals surface area contributed by atoms with Gasteiger partial charge in [0.05, 0.1) is 12.1 Å². The monoisotopic (exact) mass is 273 g/mol. The van der Waals surface area contributed by atoms with E-state index in [1.807, 2.05) is 6.07 Å². The van der Waals surface area contributed by atoms with E-state index in [0.29, 0.717) is 19.9 Å². The minimum Gasteiger partial charge on any atom is -0.495 e. The summed E-state index contributed by atoms with van der Waals surface area (Å²) >= 11 is 12.2. The molecule has 1 aromatic carbocycles. The summed E-state index contributed by atoms with van der Waals surface area (Å²) in [4.78, 5) is 0. The van der Waals surface area contributed by atoms with Crippen LogP contribution in [0.2, 0.25) is 5.02 Å². The number of aromatic amines is 1. The number of anilines is 2. The van der Waals surface area contributed by atoms with Crippen molar-refractivity contribution in [3.63, 3.8) is 0 Å². The first-order valence-corrected chi connectivity index (χ1v) is 5.95. The molecular weight excluding hydrogens is 266 g/mol. The Morgan fingerprint density at radius 1 is 1.56 bits per heavy atom. The number of methoxy groups -OCH3 is 1. The molecule has 0 aliphatic rings. The summed E-state index contributed by atoms with van der Waals surface area (Å²) in [5.74, 6) is 0.616. The highest BCUT2D eigenvalue weighted by atomic mass is 35.5. The van der Waals surface area contributed by atoms with Crippen LogP contribution in [0.15, 0.2) is 18.2 Å². The third kappa shape index (κ3) is 2.52. The molecule has 16 heavy (non-hydrogen) atoms. The fourth-order valence-electron chi connectivity index (χ4n) is 1.14. The molecule has 0 unspecified atom stereocenters. The van der Waals surface area contributed by atoms with Gasteiger partial charge >= 0.3 is 0 Å². The quantitative estimate of drug-likeness (QED) is 0.839. The number of rotatable bonds is 3. The van der Waals surface area contributed by atoms with Crippen molar-refractivity contribution in [2.75, 3.05) is 12.4 Å². The summed E-state index contributed by atoms with van der Waals surface area (Å²) in [5, 5.41) is 11.1. The summed E-state index contributed by atoms with van der Waals surface area (Å²) in [6.45, 7) is 0. The Kier molecular flexibility index (Phi) is 3.42. The maximum atomic E-state index is 5.91. The van der Waals surface area contributed by atoms with Crippen LogP contribution in [0.1, 0.15) is 0 Å². The standard InChI is InChI=1S/C9H8ClN3OS2/c1-14-7-4-5(2-3-6(7)10)11-8-12-13-9(15)16-8/h2-4H,1H3,(H,11,12)(H,13,15). The van der Waals surface area contributed by atoms with Crippen molar-refractivity contribution in [3.05, 3.63) is 27.2 Å². The molecule has 2 rings (SSSR count). The van der Waals surface area contributed by atoms with Gasteiger partial charge < -0.3 is 10.1 Å². The molecule has 1 heterocycles. The van der Waals surface area contributed by atoms with E-state index in [-0.39, 0.29) is 0 Å². The van der Waals surface area contributed by atoms with Crippen LogP contribution in [-0.2, 0) is 0 Å². The van der Waals surface area contributed by atoms with Crippen molar-refractivity contribution in [2.24, 2.45) is 0 Å². The van der Waals surface area contributed by atoms with Gasteiger partial charge in [0, 0.05) is 11.8 Å². The molecule has 1 aromatic heterocycles. The number of hydrogen-bond acceptors (Lipinski definition) is 5. The average Bonchev–Trinajstić information content (AvgIpc) is 2.67. The van der Waals surface area contributed by atoms with Gasteiger partial charge in [0.25, 0.3) is 0 Å². The van der Waals surface area contributed by atoms with Gasteiger partial charge in [-0.1, -0.05) is 22.9 Å². The van der Waals surface area contributed by atoms with E-state index in [1.165, 1.54) is 11.3 Å². The summed E-state index contributed by atoms with van der Waals surface area (Å²) < 4.78 is 5.74. The van der Waals surface area contributed by atoms with Crippen LogP contribution in [0.5, 0.6) is 5.75 Å². The SMILES string of the molecule is COc1cc(Nc2n[nH]c(=S)s2)ccc1Cl. The minimum absolute atomic E-state index is 0.572. The van der Waals surface area contributed by atoms with E-state index < -0.39 is 0 Å². The molecule has 0 atom stereocenters. The lowest BCUT2D eigenvalue weighted by molar-refractivity contribution is 0.415. The normalized spacial score (nSPS) is 10.1. The Bertz CT molecular complexity index is 552. The van der Waals surface area contributed by atoms with Crippen molar-refractivity contribution in [2.45, 2.75) is 0 Å². The Balaban J connectivity index is 2.25. The zero-order chi connectivity index (χ0) is 11.5. The van der Waals surface area contributed by atoms with Crippen molar-refractivity contribution < 1.29 is 4.74 Å². The van der Waals surface area contributed by atoms with Crippen LogP contribution >= 0.6 is 35.2 Å². The largest absolute Gasteiger partial charge is 0.495 e. The minimum atomic E-state index is 0.572. The van der Waals surface area contributed by atoms with Crippen molar-refractivity contribution in [1.82, 2.24) is 10.2 Å². The average molecular weight is 274 g/mol. The van der Waals surface area contributed by atoms with Gasteiger partial charge in [0.15, 0.2) is 3.95 Å². The predicted molar refractivity (Wildman–Crippen MR) is 68.6 cm³/mol. The van der Waals surface area contributed by atoms with Crippen molar-refractivity contribution in [3.8, 4) is 5.75 Å². The van der Waals surface area contributed by atoms with Gasteiger partial charge in [-0.05, 0) is 24.4 Å². The van der Waals surface area contributed by atoms with Crippen LogP contribution in [0, 0.1) is 3.95 Å². The number of aromatic nitrogens is 2. The first kappa shape index (κ1) is 11.4. The number of ether oxygens (including phenoxy) is 1. The Hall–Kier alpha value is -1.11. The zero-order valence-corrected chi connectivity index (χ0v) is 10.7. The highest BCUT2D eigenvalue weighted by Gasteiger charge is 2.03. The molecule has 2 N–H and O–H groups in total. The fraction of sp³-hybridized carbons (Fsp3) is 0.111. The van der Waals surface area contributed by atoms with Crippen LogP contribution < -0.4 is 10.1 Å². The topological polar surface area (TPSA) is 49.9 Å². The molecule has 0 saturated heterocycles. The van der Waals surface area contributed by atoms with Gasteiger partial charge in [-0.15, -0.1) is 5.10 Å². The van der Waals surface area contributed by atoms with Crippen molar-refractivity contribution >= 4 is 46.0 Å². The first-order chi connectivity index (χ1) is 7.69. The van der Waals surface area contributed by atoms with Gasteiger partial charge in [0.2, 0.25) is 5.13 Å². The predicted octanol–water partition coefficient (Wildman–Crippen LogP) is 3.61. The number of benzene rings is 1. The van der Waals surface area contributed by atoms with Gasteiger partial charge in [-0.25, -0.2) is 0 Å². The van der Waals surface area contributed by atoms with E-state index >= 15 is 0 Å². The maximum absolute atomic E-state index is 5.91. The summed E-state index contributed by atoms with van der Waals surface area (Å²) in [6, 6.07) is 5.40. The fourth-order valence-corrected chi connectivity index (χ4v) is 2.15. The molecule has 0 aliphatic heterocycles. The molecule has 2 aromatic rings. The lowest BCUT2D eigenvalue weighted by Crippen LogP contribution is -1.91. The molecule has 0 amide bonds. The molecule has 0 spiro atoms. The molecule has 0 fully saturated rings. The van der Waals surface area contributed by atoms with Crippen LogP contribution in [-0.4, -0.2) is 17.3 Å². The number of hydrogen-bond donors (Lipinski definition) is 2. The molecule has 0 bridgehead atoms. The van der Waals surface area contributed by atoms with Crippen LogP contribution in [0.4, 0.5) is 10.8 Å². The van der Waals surface area contributed by atoms with Gasteiger partial charge in [-0.2, -0.15) is 0 Å². The Morgan fingerprint density at radius 3 is 3.00 bits per heavy atom. The summed E-state index contributed by atoms with van der Waals surface area (Å²) in [7, 11) is 1.57. The van der Waals surface area contributed by atoms with E-state index in [1.54, 1.807) is 19.2 Å². The highest BCUT2D eigenvalue weighted by Crippen LogP contribution is 2.29. The van der Waals surface area contributed by atoms with Crippen LogP contribution in [0.25, 0.3) is 0 Å². The number of nitrogens with one attached hydrogen (secondary N) is 2. The van der Waals surface area contributed by atoms with Gasteiger partial charge in [0.1, 0.15) is 5.75 Å². The molecule has 7 heteroatoms. The number of halogens is 1. The number of nitrogens with zero attached hydrogens (tertiary/aromatic N) is 1. The molecule has 0 saturated carbocycles. The van der Waals surface area contributed by atoms with E-state index in [4.69, 9.17) is 28.6 Å². The maximum Gasteiger partial charge on any atom is 0.208 e. The molecular formula is C9H8ClN3OS2. The van der Waals surface area contributed by atoms with E-state index in [2.05, 4.69) is 15.5 Å². The van der Waals surface area contributed by atoms with Crippen LogP contribution in [0.3, 0.4) is 0 Å². The number of H-pyrrole nitrogens is 1. The first-order valence-electron chi connectivity index (χ1n) is 4.35. The highest BCUT2D eigenvalue weighted by molar-refractivity contribution is 7.73.